The molecule has 2 N–H and O–H groups in total. The normalized spacial score (nSPS) is 26.2. The molecule has 7 heteroatoms. The summed E-state index contributed by atoms with van der Waals surface area (Å²) in [6, 6.07) is 11.8. The monoisotopic (exact) mass is 435 g/mol. The molecule has 6 nitrogen and oxygen atoms in total. The number of nitrogens with zero attached hydrogens (tertiary/aromatic N) is 1. The number of fused-ring (bicyclic) bond motifs is 3. The van der Waals surface area contributed by atoms with Crippen molar-refractivity contribution >= 4 is 23.2 Å². The third-order valence-electron chi connectivity index (χ3n) is 6.70. The molecule has 0 unspecified atom stereocenters. The molecule has 160 valence electrons. The van der Waals surface area contributed by atoms with E-state index in [4.69, 9.17) is 4.74 Å². The van der Waals surface area contributed by atoms with Gasteiger partial charge in [0.1, 0.15) is 11.6 Å². The highest BCUT2D eigenvalue weighted by molar-refractivity contribution is 7.15. The van der Waals surface area contributed by atoms with Gasteiger partial charge in [-0.05, 0) is 68.9 Å². The number of thiophene rings is 1. The van der Waals surface area contributed by atoms with Crippen LogP contribution in [-0.2, 0) is 21.6 Å². The minimum Gasteiger partial charge on any atom is -0.451 e. The van der Waals surface area contributed by atoms with Crippen LogP contribution in [0.2, 0.25) is 0 Å². The van der Waals surface area contributed by atoms with Gasteiger partial charge in [-0.1, -0.05) is 6.07 Å². The molecule has 4 atom stereocenters. The standard InChI is InChI=1S/C24H25N3O3S/c1-24(2)19-10-13(4-7-18(19)23(29)30-24)20-8-6-17(31-20)11-16(12-25)27-22(28)21-14-3-5-15(9-14)26-21/h4,6-8,10,14-16,21,26H,3,5,9,11H2,1-2H3,(H,27,28)/t14-,15+,16-,21-/m0/s1. The molecule has 1 amide bonds. The number of benzene rings is 1. The van der Waals surface area contributed by atoms with E-state index in [0.29, 0.717) is 23.9 Å². The Bertz CT molecular complexity index is 1100. The van der Waals surface area contributed by atoms with Gasteiger partial charge in [0, 0.05) is 27.8 Å². The predicted molar refractivity (Wildman–Crippen MR) is 117 cm³/mol. The summed E-state index contributed by atoms with van der Waals surface area (Å²) in [5.74, 6) is 0.0645. The molecule has 2 fully saturated rings. The Labute approximate surface area is 185 Å². The number of esters is 1. The Morgan fingerprint density at radius 2 is 2.19 bits per heavy atom. The molecule has 1 aromatic heterocycles. The molecule has 1 aromatic carbocycles. The lowest BCUT2D eigenvalue weighted by Crippen LogP contribution is -2.50. The summed E-state index contributed by atoms with van der Waals surface area (Å²) >= 11 is 1.60. The number of amides is 1. The molecule has 2 bridgehead atoms. The van der Waals surface area contributed by atoms with Crippen molar-refractivity contribution in [3.05, 3.63) is 46.3 Å². The van der Waals surface area contributed by atoms with Gasteiger partial charge >= 0.3 is 5.97 Å². The zero-order valence-corrected chi connectivity index (χ0v) is 18.4. The third kappa shape index (κ3) is 3.64. The number of rotatable bonds is 5. The summed E-state index contributed by atoms with van der Waals surface area (Å²) < 4.78 is 5.46. The van der Waals surface area contributed by atoms with Crippen LogP contribution in [0.1, 0.15) is 53.9 Å². The Morgan fingerprint density at radius 3 is 2.90 bits per heavy atom. The van der Waals surface area contributed by atoms with Crippen LogP contribution < -0.4 is 10.6 Å². The van der Waals surface area contributed by atoms with Crippen LogP contribution in [0.3, 0.4) is 0 Å². The van der Waals surface area contributed by atoms with E-state index in [1.807, 2.05) is 44.2 Å². The summed E-state index contributed by atoms with van der Waals surface area (Å²) in [6.07, 6.45) is 3.79. The molecule has 0 spiro atoms. The van der Waals surface area contributed by atoms with Gasteiger partial charge < -0.3 is 15.4 Å². The van der Waals surface area contributed by atoms with Gasteiger partial charge in [0.2, 0.25) is 5.91 Å². The van der Waals surface area contributed by atoms with Crippen LogP contribution in [0.15, 0.2) is 30.3 Å². The highest BCUT2D eigenvalue weighted by Gasteiger charge is 2.43. The van der Waals surface area contributed by atoms with E-state index in [0.717, 1.165) is 40.1 Å². The molecule has 5 rings (SSSR count). The third-order valence-corrected chi connectivity index (χ3v) is 7.86. The van der Waals surface area contributed by atoms with Crippen molar-refractivity contribution in [1.29, 1.82) is 5.26 Å². The summed E-state index contributed by atoms with van der Waals surface area (Å²) in [5.41, 5.74) is 1.90. The van der Waals surface area contributed by atoms with Crippen LogP contribution in [0.5, 0.6) is 0 Å². The number of carbonyl (C=O) groups is 2. The molecule has 3 aliphatic rings. The zero-order valence-electron chi connectivity index (χ0n) is 17.6. The maximum Gasteiger partial charge on any atom is 0.339 e. The number of hydrogen-bond donors (Lipinski definition) is 2. The lowest BCUT2D eigenvalue weighted by molar-refractivity contribution is -0.124. The molecule has 2 aromatic rings. The van der Waals surface area contributed by atoms with E-state index >= 15 is 0 Å². The van der Waals surface area contributed by atoms with Gasteiger partial charge in [-0.2, -0.15) is 5.26 Å². The second-order valence-electron chi connectivity index (χ2n) is 9.23. The largest absolute Gasteiger partial charge is 0.451 e. The summed E-state index contributed by atoms with van der Waals surface area (Å²) in [4.78, 5) is 26.8. The van der Waals surface area contributed by atoms with E-state index in [-0.39, 0.29) is 17.9 Å². The van der Waals surface area contributed by atoms with Crippen molar-refractivity contribution in [1.82, 2.24) is 10.6 Å². The van der Waals surface area contributed by atoms with Crippen LogP contribution >= 0.6 is 11.3 Å². The minimum absolute atomic E-state index is 0.0546. The number of ether oxygens (including phenoxy) is 1. The summed E-state index contributed by atoms with van der Waals surface area (Å²) in [5, 5.41) is 15.9. The number of nitrogens with one attached hydrogen (secondary N) is 2. The van der Waals surface area contributed by atoms with Crippen LogP contribution in [0, 0.1) is 17.2 Å². The van der Waals surface area contributed by atoms with Crippen LogP contribution in [0.4, 0.5) is 0 Å². The molecule has 31 heavy (non-hydrogen) atoms. The molecule has 2 aliphatic heterocycles. The Hall–Kier alpha value is -2.69. The van der Waals surface area contributed by atoms with E-state index in [9.17, 15) is 14.9 Å². The lowest BCUT2D eigenvalue weighted by Gasteiger charge is -2.23. The number of hydrogen-bond acceptors (Lipinski definition) is 6. The van der Waals surface area contributed by atoms with Crippen LogP contribution in [0.25, 0.3) is 10.4 Å². The highest BCUT2D eigenvalue weighted by atomic mass is 32.1. The molecular formula is C24H25N3O3S. The van der Waals surface area contributed by atoms with Gasteiger partial charge in [0.15, 0.2) is 0 Å². The van der Waals surface area contributed by atoms with E-state index in [1.54, 1.807) is 11.3 Å². The van der Waals surface area contributed by atoms with Gasteiger partial charge in [0.05, 0.1) is 17.7 Å². The van der Waals surface area contributed by atoms with Crippen LogP contribution in [-0.4, -0.2) is 30.0 Å². The van der Waals surface area contributed by atoms with Gasteiger partial charge in [-0.3, -0.25) is 4.79 Å². The first-order chi connectivity index (χ1) is 14.8. The van der Waals surface area contributed by atoms with Gasteiger partial charge in [0.25, 0.3) is 0 Å². The fourth-order valence-corrected chi connectivity index (χ4v) is 6.15. The van der Waals surface area contributed by atoms with E-state index in [1.165, 1.54) is 0 Å². The first kappa shape index (κ1) is 20.2. The molecule has 0 radical (unpaired) electrons. The van der Waals surface area contributed by atoms with Crippen molar-refractivity contribution in [3.63, 3.8) is 0 Å². The SMILES string of the molecule is CC1(C)OC(=O)c2ccc(-c3ccc(C[C@@H](C#N)NC(=O)[C@H]4N[C@@H]5CC[C@H]4C5)s3)cc21. The van der Waals surface area contributed by atoms with Crippen molar-refractivity contribution in [2.45, 2.75) is 63.3 Å². The second-order valence-corrected chi connectivity index (χ2v) is 10.4. The van der Waals surface area contributed by atoms with Crippen molar-refractivity contribution in [2.75, 3.05) is 0 Å². The summed E-state index contributed by atoms with van der Waals surface area (Å²) in [7, 11) is 0. The molecule has 1 saturated heterocycles. The number of carbonyl (C=O) groups excluding carboxylic acids is 2. The number of piperidine rings is 1. The number of nitriles is 1. The Balaban J connectivity index is 1.28. The van der Waals surface area contributed by atoms with Crippen molar-refractivity contribution in [2.24, 2.45) is 5.92 Å². The first-order valence-corrected chi connectivity index (χ1v) is 11.6. The maximum atomic E-state index is 12.7. The fraction of sp³-hybridized carbons (Fsp3) is 0.458. The van der Waals surface area contributed by atoms with Gasteiger partial charge in [-0.15, -0.1) is 11.3 Å². The topological polar surface area (TPSA) is 91.2 Å². The van der Waals surface area contributed by atoms with Crippen molar-refractivity contribution < 1.29 is 14.3 Å². The average molecular weight is 436 g/mol. The smallest absolute Gasteiger partial charge is 0.339 e. The molecule has 1 saturated carbocycles. The predicted octanol–water partition coefficient (Wildman–Crippen LogP) is 3.51. The molecular weight excluding hydrogens is 410 g/mol. The highest BCUT2D eigenvalue weighted by Crippen LogP contribution is 2.39. The minimum atomic E-state index is -0.633. The Kier molecular flexibility index (Phi) is 4.87. The second kappa shape index (κ2) is 7.47. The average Bonchev–Trinajstić information content (AvgIpc) is 3.52. The Morgan fingerprint density at radius 1 is 1.35 bits per heavy atom. The van der Waals surface area contributed by atoms with E-state index < -0.39 is 11.6 Å². The first-order valence-electron chi connectivity index (χ1n) is 10.8. The molecule has 3 heterocycles. The van der Waals surface area contributed by atoms with E-state index in [2.05, 4.69) is 16.7 Å². The summed E-state index contributed by atoms with van der Waals surface area (Å²) in [6.45, 7) is 3.79. The number of cyclic esters (lactones) is 1. The zero-order chi connectivity index (χ0) is 21.8. The van der Waals surface area contributed by atoms with Crippen molar-refractivity contribution in [3.8, 4) is 16.5 Å². The van der Waals surface area contributed by atoms with Gasteiger partial charge in [-0.25, -0.2) is 4.79 Å². The quantitative estimate of drug-likeness (QED) is 0.702. The fourth-order valence-electron chi connectivity index (χ4n) is 5.10. The lowest BCUT2D eigenvalue weighted by atomic mass is 9.94. The maximum absolute atomic E-state index is 12.7. The molecule has 1 aliphatic carbocycles.